The quantitative estimate of drug-likeness (QED) is 0.525. The zero-order valence-electron chi connectivity index (χ0n) is 16.5. The second-order valence-corrected chi connectivity index (χ2v) is 7.37. The topological polar surface area (TPSA) is 92.4 Å². The second-order valence-electron chi connectivity index (χ2n) is 6.37. The van der Waals surface area contributed by atoms with E-state index in [1.54, 1.807) is 14.0 Å². The normalized spacial score (nSPS) is 10.4. The number of anilines is 2. The summed E-state index contributed by atoms with van der Waals surface area (Å²) >= 11 is 1.09. The molecule has 0 atom stereocenters. The van der Waals surface area contributed by atoms with Crippen LogP contribution in [-0.2, 0) is 6.42 Å². The van der Waals surface area contributed by atoms with Crippen LogP contribution in [0, 0.1) is 12.7 Å². The molecule has 2 aromatic carbocycles. The summed E-state index contributed by atoms with van der Waals surface area (Å²) in [5.74, 6) is 0.149. The predicted molar refractivity (Wildman–Crippen MR) is 115 cm³/mol. The number of hydrogen-bond donors (Lipinski definition) is 3. The van der Waals surface area contributed by atoms with Gasteiger partial charge in [-0.05, 0) is 55.3 Å². The van der Waals surface area contributed by atoms with Gasteiger partial charge in [-0.3, -0.25) is 10.1 Å². The summed E-state index contributed by atoms with van der Waals surface area (Å²) in [6.45, 7) is 2.17. The molecule has 3 amide bonds. The molecule has 0 saturated carbocycles. The Kier molecular flexibility index (Phi) is 6.97. The minimum atomic E-state index is -0.526. The number of halogens is 1. The number of hydrogen-bond acceptors (Lipinski definition) is 5. The average molecular weight is 428 g/mol. The Morgan fingerprint density at radius 1 is 1.07 bits per heavy atom. The molecule has 9 heteroatoms. The van der Waals surface area contributed by atoms with Crippen LogP contribution in [0.3, 0.4) is 0 Å². The van der Waals surface area contributed by atoms with Crippen LogP contribution in [0.4, 0.5) is 20.0 Å². The fourth-order valence-electron chi connectivity index (χ4n) is 2.65. The Balaban J connectivity index is 1.51. The van der Waals surface area contributed by atoms with E-state index in [1.165, 1.54) is 24.3 Å². The number of aryl methyl sites for hydroxylation is 1. The monoisotopic (exact) mass is 428 g/mol. The van der Waals surface area contributed by atoms with Gasteiger partial charge in [0.05, 0.1) is 12.8 Å². The number of carbonyl (C=O) groups excluding carboxylic acids is 2. The molecular formula is C21H21FN4O3S. The number of thiazole rings is 1. The number of rotatable bonds is 7. The van der Waals surface area contributed by atoms with Gasteiger partial charge >= 0.3 is 6.03 Å². The van der Waals surface area contributed by atoms with Crippen LogP contribution in [0.15, 0.2) is 48.5 Å². The van der Waals surface area contributed by atoms with Gasteiger partial charge in [-0.15, -0.1) is 0 Å². The van der Waals surface area contributed by atoms with Crippen LogP contribution in [-0.4, -0.2) is 30.6 Å². The van der Waals surface area contributed by atoms with Gasteiger partial charge in [0.25, 0.3) is 5.91 Å². The first kappa shape index (κ1) is 21.3. The third kappa shape index (κ3) is 5.77. The van der Waals surface area contributed by atoms with Crippen LogP contribution < -0.4 is 20.7 Å². The summed E-state index contributed by atoms with van der Waals surface area (Å²) < 4.78 is 18.1. The molecule has 0 saturated heterocycles. The Hall–Kier alpha value is -3.46. The number of benzene rings is 2. The van der Waals surface area contributed by atoms with E-state index >= 15 is 0 Å². The summed E-state index contributed by atoms with van der Waals surface area (Å²) in [7, 11) is 1.61. The van der Waals surface area contributed by atoms with E-state index in [2.05, 4.69) is 20.9 Å². The Labute approximate surface area is 177 Å². The van der Waals surface area contributed by atoms with Gasteiger partial charge in [0.15, 0.2) is 5.13 Å². The predicted octanol–water partition coefficient (Wildman–Crippen LogP) is 4.22. The van der Waals surface area contributed by atoms with E-state index in [0.717, 1.165) is 22.6 Å². The maximum Gasteiger partial charge on any atom is 0.325 e. The molecule has 156 valence electrons. The van der Waals surface area contributed by atoms with Crippen LogP contribution in [0.1, 0.15) is 20.9 Å². The maximum atomic E-state index is 12.9. The van der Waals surface area contributed by atoms with Crippen molar-refractivity contribution in [3.05, 3.63) is 70.5 Å². The van der Waals surface area contributed by atoms with E-state index in [1.807, 2.05) is 24.3 Å². The molecule has 3 N–H and O–H groups in total. The molecule has 3 rings (SSSR count). The fourth-order valence-corrected chi connectivity index (χ4v) is 3.52. The van der Waals surface area contributed by atoms with Gasteiger partial charge in [0, 0.05) is 12.2 Å². The number of carbonyl (C=O) groups is 2. The Morgan fingerprint density at radius 3 is 2.43 bits per heavy atom. The zero-order valence-corrected chi connectivity index (χ0v) is 17.3. The van der Waals surface area contributed by atoms with E-state index < -0.39 is 6.03 Å². The maximum absolute atomic E-state index is 12.9. The van der Waals surface area contributed by atoms with Gasteiger partial charge in [0.1, 0.15) is 16.4 Å². The molecule has 0 radical (unpaired) electrons. The molecule has 30 heavy (non-hydrogen) atoms. The lowest BCUT2D eigenvalue weighted by Gasteiger charge is -2.05. The summed E-state index contributed by atoms with van der Waals surface area (Å²) in [5, 5.41) is 8.33. The first-order chi connectivity index (χ1) is 14.4. The molecule has 0 aliphatic carbocycles. The van der Waals surface area contributed by atoms with Crippen molar-refractivity contribution in [1.82, 2.24) is 10.3 Å². The van der Waals surface area contributed by atoms with Gasteiger partial charge in [-0.25, -0.2) is 14.2 Å². The fraction of sp³-hybridized carbons (Fsp3) is 0.190. The Bertz CT molecular complexity index is 1020. The first-order valence-electron chi connectivity index (χ1n) is 9.16. The number of nitrogens with one attached hydrogen (secondary N) is 3. The zero-order chi connectivity index (χ0) is 21.5. The molecule has 0 aliphatic heterocycles. The lowest BCUT2D eigenvalue weighted by atomic mass is 10.1. The van der Waals surface area contributed by atoms with Gasteiger partial charge < -0.3 is 15.4 Å². The number of amides is 3. The van der Waals surface area contributed by atoms with E-state index in [0.29, 0.717) is 34.4 Å². The molecule has 1 heterocycles. The van der Waals surface area contributed by atoms with Gasteiger partial charge in [-0.1, -0.05) is 23.5 Å². The lowest BCUT2D eigenvalue weighted by Crippen LogP contribution is -2.25. The van der Waals surface area contributed by atoms with Gasteiger partial charge in [0.2, 0.25) is 0 Å². The largest absolute Gasteiger partial charge is 0.497 e. The summed E-state index contributed by atoms with van der Waals surface area (Å²) in [4.78, 5) is 29.2. The molecule has 1 aromatic heterocycles. The molecule has 0 spiro atoms. The second kappa shape index (κ2) is 9.84. The standard InChI is InChI=1S/C21H21FN4O3S/c1-13-18(19(27)23-12-11-14-3-9-17(29-2)10-4-14)30-21(24-13)26-20(28)25-16-7-5-15(22)6-8-16/h3-10H,11-12H2,1-2H3,(H,23,27)(H2,24,25,26,28). The lowest BCUT2D eigenvalue weighted by molar-refractivity contribution is 0.0957. The number of aromatic nitrogens is 1. The van der Waals surface area contributed by atoms with Crippen molar-refractivity contribution >= 4 is 34.1 Å². The highest BCUT2D eigenvalue weighted by atomic mass is 32.1. The van der Waals surface area contributed by atoms with Crippen LogP contribution in [0.2, 0.25) is 0 Å². The van der Waals surface area contributed by atoms with Crippen LogP contribution >= 0.6 is 11.3 Å². The third-order valence-corrected chi connectivity index (χ3v) is 5.26. The van der Waals surface area contributed by atoms with Crippen molar-refractivity contribution in [2.45, 2.75) is 13.3 Å². The van der Waals surface area contributed by atoms with E-state index in [9.17, 15) is 14.0 Å². The number of nitrogens with zero attached hydrogens (tertiary/aromatic N) is 1. The highest BCUT2D eigenvalue weighted by Crippen LogP contribution is 2.23. The van der Waals surface area contributed by atoms with E-state index in [4.69, 9.17) is 4.74 Å². The smallest absolute Gasteiger partial charge is 0.325 e. The van der Waals surface area contributed by atoms with Gasteiger partial charge in [-0.2, -0.15) is 0 Å². The molecule has 0 bridgehead atoms. The van der Waals surface area contributed by atoms with Crippen molar-refractivity contribution in [3.8, 4) is 5.75 Å². The van der Waals surface area contributed by atoms with Crippen molar-refractivity contribution in [2.75, 3.05) is 24.3 Å². The number of ether oxygens (including phenoxy) is 1. The molecule has 0 aliphatic rings. The molecule has 3 aromatic rings. The average Bonchev–Trinajstić information content (AvgIpc) is 3.10. The summed E-state index contributed by atoms with van der Waals surface area (Å²) in [6.07, 6.45) is 0.679. The molecule has 0 fully saturated rings. The molecule has 7 nitrogen and oxygen atoms in total. The summed E-state index contributed by atoms with van der Waals surface area (Å²) in [6, 6.07) is 12.5. The number of methoxy groups -OCH3 is 1. The van der Waals surface area contributed by atoms with Crippen molar-refractivity contribution in [1.29, 1.82) is 0 Å². The minimum Gasteiger partial charge on any atom is -0.497 e. The van der Waals surface area contributed by atoms with Crippen molar-refractivity contribution in [3.63, 3.8) is 0 Å². The summed E-state index contributed by atoms with van der Waals surface area (Å²) in [5.41, 5.74) is 2.05. The third-order valence-electron chi connectivity index (χ3n) is 4.18. The minimum absolute atomic E-state index is 0.245. The highest BCUT2D eigenvalue weighted by Gasteiger charge is 2.16. The van der Waals surface area contributed by atoms with Crippen molar-refractivity contribution < 1.29 is 18.7 Å². The van der Waals surface area contributed by atoms with E-state index in [-0.39, 0.29) is 11.7 Å². The van der Waals surface area contributed by atoms with Crippen LogP contribution in [0.5, 0.6) is 5.75 Å². The Morgan fingerprint density at radius 2 is 1.77 bits per heavy atom. The highest BCUT2D eigenvalue weighted by molar-refractivity contribution is 7.17. The van der Waals surface area contributed by atoms with Crippen LogP contribution in [0.25, 0.3) is 0 Å². The first-order valence-corrected chi connectivity index (χ1v) is 9.98. The molecular weight excluding hydrogens is 407 g/mol. The molecule has 0 unspecified atom stereocenters. The number of urea groups is 1. The van der Waals surface area contributed by atoms with Crippen molar-refractivity contribution in [2.24, 2.45) is 0 Å². The SMILES string of the molecule is COc1ccc(CCNC(=O)c2sc(NC(=O)Nc3ccc(F)cc3)nc2C)cc1.